The van der Waals surface area contributed by atoms with Crippen LogP contribution in [0.2, 0.25) is 0 Å². The number of methoxy groups -OCH3 is 1. The number of nitrogens with zero attached hydrogens (tertiary/aromatic N) is 2. The van der Waals surface area contributed by atoms with Crippen LogP contribution in [0.3, 0.4) is 0 Å². The van der Waals surface area contributed by atoms with Crippen LogP contribution in [-0.2, 0) is 11.3 Å². The lowest BCUT2D eigenvalue weighted by molar-refractivity contribution is -0.0696. The molecule has 1 saturated carbocycles. The highest BCUT2D eigenvalue weighted by Gasteiger charge is 2.36. The van der Waals surface area contributed by atoms with E-state index in [1.807, 2.05) is 6.07 Å². The van der Waals surface area contributed by atoms with Crippen LogP contribution in [0, 0.1) is 0 Å². The van der Waals surface area contributed by atoms with Gasteiger partial charge in [0.15, 0.2) is 0 Å². The fourth-order valence-corrected chi connectivity index (χ4v) is 1.85. The smallest absolute Gasteiger partial charge is 0.141 e. The third-order valence-corrected chi connectivity index (χ3v) is 3.05. The summed E-state index contributed by atoms with van der Waals surface area (Å²) >= 11 is 0. The molecular weight excluding hydrogens is 190 g/mol. The molecule has 2 rings (SSSR count). The van der Waals surface area contributed by atoms with Crippen LogP contribution in [0.4, 0.5) is 0 Å². The highest BCUT2D eigenvalue weighted by Crippen LogP contribution is 2.34. The maximum absolute atomic E-state index is 5.51. The van der Waals surface area contributed by atoms with Crippen molar-refractivity contribution in [1.82, 2.24) is 15.3 Å². The molecule has 1 N–H and O–H groups in total. The van der Waals surface area contributed by atoms with Gasteiger partial charge in [-0.2, -0.15) is 0 Å². The molecule has 0 bridgehead atoms. The zero-order valence-corrected chi connectivity index (χ0v) is 9.07. The van der Waals surface area contributed by atoms with Gasteiger partial charge >= 0.3 is 0 Å². The summed E-state index contributed by atoms with van der Waals surface area (Å²) in [5.41, 5.74) is 0.0782. The Hall–Kier alpha value is -1.00. The lowest BCUT2D eigenvalue weighted by atomic mass is 9.80. The highest BCUT2D eigenvalue weighted by molar-refractivity contribution is 4.93. The summed E-state index contributed by atoms with van der Waals surface area (Å²) in [4.78, 5) is 8.31. The summed E-state index contributed by atoms with van der Waals surface area (Å²) in [5, 5.41) is 3.35. The van der Waals surface area contributed by atoms with Crippen LogP contribution in [-0.4, -0.2) is 29.2 Å². The lowest BCUT2D eigenvalue weighted by Gasteiger charge is -2.40. The van der Waals surface area contributed by atoms with E-state index in [-0.39, 0.29) is 5.60 Å². The number of nitrogens with one attached hydrogen (secondary N) is 1. The molecule has 0 aromatic carbocycles. The van der Waals surface area contributed by atoms with Gasteiger partial charge in [0.25, 0.3) is 0 Å². The van der Waals surface area contributed by atoms with Gasteiger partial charge in [-0.05, 0) is 25.3 Å². The summed E-state index contributed by atoms with van der Waals surface area (Å²) in [5.74, 6) is 0.836. The first kappa shape index (κ1) is 10.5. The Kier molecular flexibility index (Phi) is 3.28. The molecule has 1 aromatic heterocycles. The number of aromatic nitrogens is 2. The number of hydrogen-bond donors (Lipinski definition) is 1. The second-order valence-corrected chi connectivity index (χ2v) is 4.01. The van der Waals surface area contributed by atoms with Gasteiger partial charge in [0, 0.05) is 26.0 Å². The van der Waals surface area contributed by atoms with Crippen molar-refractivity contribution in [3.8, 4) is 0 Å². The minimum Gasteiger partial charge on any atom is -0.377 e. The molecule has 0 unspecified atom stereocenters. The maximum atomic E-state index is 5.51. The summed E-state index contributed by atoms with van der Waals surface area (Å²) in [6.07, 6.45) is 7.12. The van der Waals surface area contributed by atoms with Crippen molar-refractivity contribution in [3.05, 3.63) is 24.3 Å². The molecule has 0 radical (unpaired) electrons. The van der Waals surface area contributed by atoms with Crippen molar-refractivity contribution in [3.63, 3.8) is 0 Å². The van der Waals surface area contributed by atoms with Crippen molar-refractivity contribution in [2.75, 3.05) is 13.7 Å². The molecule has 1 heterocycles. The van der Waals surface area contributed by atoms with E-state index in [0.717, 1.165) is 25.2 Å². The zero-order chi connectivity index (χ0) is 10.6. The largest absolute Gasteiger partial charge is 0.377 e. The van der Waals surface area contributed by atoms with Crippen LogP contribution < -0.4 is 5.32 Å². The van der Waals surface area contributed by atoms with Crippen molar-refractivity contribution >= 4 is 0 Å². The third kappa shape index (κ3) is 2.52. The van der Waals surface area contributed by atoms with Crippen LogP contribution >= 0.6 is 0 Å². The van der Waals surface area contributed by atoms with Gasteiger partial charge in [0.05, 0.1) is 12.1 Å². The molecule has 1 aliphatic rings. The maximum Gasteiger partial charge on any atom is 0.141 e. The lowest BCUT2D eigenvalue weighted by Crippen LogP contribution is -2.47. The van der Waals surface area contributed by atoms with E-state index >= 15 is 0 Å². The summed E-state index contributed by atoms with van der Waals surface area (Å²) in [6, 6.07) is 1.83. The molecule has 4 heteroatoms. The molecule has 0 atom stereocenters. The SMILES string of the molecule is COC1(CNCc2ncccn2)CCC1. The van der Waals surface area contributed by atoms with Crippen molar-refractivity contribution in [1.29, 1.82) is 0 Å². The molecule has 1 fully saturated rings. The predicted octanol–water partition coefficient (Wildman–Crippen LogP) is 1.14. The minimum absolute atomic E-state index is 0.0782. The van der Waals surface area contributed by atoms with Gasteiger partial charge < -0.3 is 10.1 Å². The first-order valence-electron chi connectivity index (χ1n) is 5.36. The summed E-state index contributed by atoms with van der Waals surface area (Å²) in [7, 11) is 1.79. The van der Waals surface area contributed by atoms with E-state index in [1.54, 1.807) is 19.5 Å². The Labute approximate surface area is 90.1 Å². The Morgan fingerprint density at radius 2 is 2.13 bits per heavy atom. The van der Waals surface area contributed by atoms with Crippen molar-refractivity contribution in [2.45, 2.75) is 31.4 Å². The van der Waals surface area contributed by atoms with Gasteiger partial charge in [-0.1, -0.05) is 0 Å². The molecule has 1 aromatic rings. The van der Waals surface area contributed by atoms with Crippen molar-refractivity contribution < 1.29 is 4.74 Å². The van der Waals surface area contributed by atoms with E-state index in [0.29, 0.717) is 6.54 Å². The Morgan fingerprint density at radius 1 is 1.40 bits per heavy atom. The van der Waals surface area contributed by atoms with Gasteiger partial charge in [0.2, 0.25) is 0 Å². The van der Waals surface area contributed by atoms with Crippen LogP contribution in [0.25, 0.3) is 0 Å². The van der Waals surface area contributed by atoms with E-state index in [9.17, 15) is 0 Å². The molecular formula is C11H17N3O. The molecule has 0 saturated heterocycles. The highest BCUT2D eigenvalue weighted by atomic mass is 16.5. The molecule has 82 valence electrons. The zero-order valence-electron chi connectivity index (χ0n) is 9.07. The standard InChI is InChI=1S/C11H17N3O/c1-15-11(4-2-5-11)9-12-8-10-13-6-3-7-14-10/h3,6-7,12H,2,4-5,8-9H2,1H3. The van der Waals surface area contributed by atoms with E-state index in [2.05, 4.69) is 15.3 Å². The van der Waals surface area contributed by atoms with E-state index in [1.165, 1.54) is 6.42 Å². The topological polar surface area (TPSA) is 47.0 Å². The molecule has 1 aliphatic carbocycles. The van der Waals surface area contributed by atoms with Gasteiger partial charge in [0.1, 0.15) is 5.82 Å². The number of hydrogen-bond acceptors (Lipinski definition) is 4. The van der Waals surface area contributed by atoms with Crippen LogP contribution in [0.15, 0.2) is 18.5 Å². The fraction of sp³-hybridized carbons (Fsp3) is 0.636. The van der Waals surface area contributed by atoms with Crippen LogP contribution in [0.1, 0.15) is 25.1 Å². The third-order valence-electron chi connectivity index (χ3n) is 3.05. The quantitative estimate of drug-likeness (QED) is 0.786. The Balaban J connectivity index is 1.75. The number of ether oxygens (including phenoxy) is 1. The molecule has 15 heavy (non-hydrogen) atoms. The second-order valence-electron chi connectivity index (χ2n) is 4.01. The average Bonchev–Trinajstić information content (AvgIpc) is 2.24. The van der Waals surface area contributed by atoms with E-state index < -0.39 is 0 Å². The van der Waals surface area contributed by atoms with E-state index in [4.69, 9.17) is 4.74 Å². The van der Waals surface area contributed by atoms with Crippen LogP contribution in [0.5, 0.6) is 0 Å². The fourth-order valence-electron chi connectivity index (χ4n) is 1.85. The van der Waals surface area contributed by atoms with Gasteiger partial charge in [-0.3, -0.25) is 0 Å². The number of rotatable bonds is 5. The molecule has 4 nitrogen and oxygen atoms in total. The molecule has 0 aliphatic heterocycles. The predicted molar refractivity (Wildman–Crippen MR) is 57.3 cm³/mol. The normalized spacial score (nSPS) is 18.5. The Bertz CT molecular complexity index is 292. The first-order chi connectivity index (χ1) is 7.35. The molecule has 0 spiro atoms. The minimum atomic E-state index is 0.0782. The Morgan fingerprint density at radius 3 is 2.67 bits per heavy atom. The summed E-state index contributed by atoms with van der Waals surface area (Å²) in [6.45, 7) is 1.60. The monoisotopic (exact) mass is 207 g/mol. The van der Waals surface area contributed by atoms with Crippen molar-refractivity contribution in [2.24, 2.45) is 0 Å². The molecule has 0 amide bonds. The second kappa shape index (κ2) is 4.68. The van der Waals surface area contributed by atoms with Gasteiger partial charge in [-0.25, -0.2) is 9.97 Å². The summed E-state index contributed by atoms with van der Waals surface area (Å²) < 4.78 is 5.51. The average molecular weight is 207 g/mol. The first-order valence-corrected chi connectivity index (χ1v) is 5.36. The van der Waals surface area contributed by atoms with Gasteiger partial charge in [-0.15, -0.1) is 0 Å².